The number of carbonyl (C=O) groups excluding carboxylic acids is 2. The van der Waals surface area contributed by atoms with Crippen molar-refractivity contribution in [2.45, 2.75) is 37.8 Å². The zero-order valence-electron chi connectivity index (χ0n) is 17.5. The molecule has 1 atom stereocenters. The Labute approximate surface area is 181 Å². The van der Waals surface area contributed by atoms with Gasteiger partial charge in [0.25, 0.3) is 5.91 Å². The maximum Gasteiger partial charge on any atom is 0.251 e. The molecule has 0 fully saturated rings. The number of benzene rings is 3. The maximum atomic E-state index is 12.7. The molecule has 3 rings (SSSR count). The molecule has 0 spiro atoms. The van der Waals surface area contributed by atoms with Gasteiger partial charge >= 0.3 is 0 Å². The van der Waals surface area contributed by atoms with Crippen molar-refractivity contribution in [2.75, 3.05) is 5.32 Å². The average molecular weight is 440 g/mol. The SMILES string of the molecule is CC(C)NS(=O)(=O)c1cccc2c(NC(=O)C(C)NC(=O)c3ccccc3)cccc12. The Morgan fingerprint density at radius 3 is 2.13 bits per heavy atom. The van der Waals surface area contributed by atoms with E-state index in [2.05, 4.69) is 15.4 Å². The number of hydrogen-bond donors (Lipinski definition) is 3. The molecule has 3 N–H and O–H groups in total. The molecule has 162 valence electrons. The fourth-order valence-corrected chi connectivity index (χ4v) is 4.65. The first kappa shape index (κ1) is 22.5. The lowest BCUT2D eigenvalue weighted by Gasteiger charge is -2.17. The third-order valence-corrected chi connectivity index (χ3v) is 6.31. The first-order valence-corrected chi connectivity index (χ1v) is 11.4. The quantitative estimate of drug-likeness (QED) is 0.525. The minimum atomic E-state index is -3.71. The van der Waals surface area contributed by atoms with Crippen LogP contribution >= 0.6 is 0 Å². The number of hydrogen-bond acceptors (Lipinski definition) is 4. The largest absolute Gasteiger partial charge is 0.341 e. The molecule has 1 unspecified atom stereocenters. The molecule has 31 heavy (non-hydrogen) atoms. The summed E-state index contributed by atoms with van der Waals surface area (Å²) in [6.07, 6.45) is 0. The van der Waals surface area contributed by atoms with Gasteiger partial charge in [0.15, 0.2) is 0 Å². The molecule has 7 nitrogen and oxygen atoms in total. The number of nitrogens with one attached hydrogen (secondary N) is 3. The molecular formula is C23H25N3O4S. The van der Waals surface area contributed by atoms with Gasteiger partial charge in [0.1, 0.15) is 6.04 Å². The summed E-state index contributed by atoms with van der Waals surface area (Å²) < 4.78 is 28.0. The first-order chi connectivity index (χ1) is 14.7. The van der Waals surface area contributed by atoms with Crippen LogP contribution in [0.2, 0.25) is 0 Å². The molecule has 8 heteroatoms. The van der Waals surface area contributed by atoms with Gasteiger partial charge in [-0.15, -0.1) is 0 Å². The normalized spacial score (nSPS) is 12.5. The molecule has 0 aliphatic carbocycles. The van der Waals surface area contributed by atoms with E-state index in [1.165, 1.54) is 6.07 Å². The molecule has 0 heterocycles. The third kappa shape index (κ3) is 5.28. The van der Waals surface area contributed by atoms with Crippen LogP contribution in [0, 0.1) is 0 Å². The van der Waals surface area contributed by atoms with Gasteiger partial charge in [-0.3, -0.25) is 9.59 Å². The summed E-state index contributed by atoms with van der Waals surface area (Å²) in [5.41, 5.74) is 0.921. The minimum Gasteiger partial charge on any atom is -0.341 e. The zero-order valence-corrected chi connectivity index (χ0v) is 18.4. The van der Waals surface area contributed by atoms with Crippen LogP contribution in [0.15, 0.2) is 71.6 Å². The lowest BCUT2D eigenvalue weighted by Crippen LogP contribution is -2.41. The second kappa shape index (κ2) is 9.28. The van der Waals surface area contributed by atoms with Crippen LogP contribution in [0.5, 0.6) is 0 Å². The molecule has 0 saturated carbocycles. The number of amides is 2. The van der Waals surface area contributed by atoms with E-state index >= 15 is 0 Å². The fourth-order valence-electron chi connectivity index (χ4n) is 3.17. The average Bonchev–Trinajstić information content (AvgIpc) is 2.73. The monoisotopic (exact) mass is 439 g/mol. The van der Waals surface area contributed by atoms with E-state index in [4.69, 9.17) is 0 Å². The van der Waals surface area contributed by atoms with E-state index in [9.17, 15) is 18.0 Å². The Bertz CT molecular complexity index is 1210. The molecule has 0 aliphatic heterocycles. The first-order valence-electron chi connectivity index (χ1n) is 9.90. The summed E-state index contributed by atoms with van der Waals surface area (Å²) in [7, 11) is -3.71. The molecular weight excluding hydrogens is 414 g/mol. The Hall–Kier alpha value is -3.23. The van der Waals surface area contributed by atoms with Crippen molar-refractivity contribution in [2.24, 2.45) is 0 Å². The Balaban J connectivity index is 1.84. The summed E-state index contributed by atoms with van der Waals surface area (Å²) >= 11 is 0. The van der Waals surface area contributed by atoms with Crippen molar-refractivity contribution in [1.29, 1.82) is 0 Å². The smallest absolute Gasteiger partial charge is 0.251 e. The summed E-state index contributed by atoms with van der Waals surface area (Å²) in [4.78, 5) is 25.1. The van der Waals surface area contributed by atoms with E-state index in [1.54, 1.807) is 81.4 Å². The van der Waals surface area contributed by atoms with Crippen molar-refractivity contribution >= 4 is 38.3 Å². The van der Waals surface area contributed by atoms with Crippen LogP contribution in [-0.2, 0) is 14.8 Å². The van der Waals surface area contributed by atoms with Crippen molar-refractivity contribution in [3.8, 4) is 0 Å². The number of carbonyl (C=O) groups is 2. The van der Waals surface area contributed by atoms with Gasteiger partial charge in [-0.05, 0) is 45.0 Å². The number of sulfonamides is 1. The van der Waals surface area contributed by atoms with Crippen molar-refractivity contribution in [3.63, 3.8) is 0 Å². The number of anilines is 1. The zero-order chi connectivity index (χ0) is 22.6. The highest BCUT2D eigenvalue weighted by atomic mass is 32.2. The predicted molar refractivity (Wildman–Crippen MR) is 121 cm³/mol. The van der Waals surface area contributed by atoms with Gasteiger partial charge in [-0.25, -0.2) is 13.1 Å². The van der Waals surface area contributed by atoms with Gasteiger partial charge in [0.2, 0.25) is 15.9 Å². The highest BCUT2D eigenvalue weighted by molar-refractivity contribution is 7.89. The molecule has 0 bridgehead atoms. The highest BCUT2D eigenvalue weighted by Crippen LogP contribution is 2.29. The Morgan fingerprint density at radius 2 is 1.45 bits per heavy atom. The van der Waals surface area contributed by atoms with Crippen LogP contribution in [0.1, 0.15) is 31.1 Å². The lowest BCUT2D eigenvalue weighted by molar-refractivity contribution is -0.117. The van der Waals surface area contributed by atoms with Crippen LogP contribution < -0.4 is 15.4 Å². The number of fused-ring (bicyclic) bond motifs is 1. The van der Waals surface area contributed by atoms with Gasteiger partial charge in [-0.1, -0.05) is 42.5 Å². The summed E-state index contributed by atoms with van der Waals surface area (Å²) in [6.45, 7) is 5.09. The Kier molecular flexibility index (Phi) is 6.72. The second-order valence-electron chi connectivity index (χ2n) is 7.48. The van der Waals surface area contributed by atoms with E-state index in [0.29, 0.717) is 22.0 Å². The van der Waals surface area contributed by atoms with Gasteiger partial charge in [-0.2, -0.15) is 0 Å². The van der Waals surface area contributed by atoms with Crippen molar-refractivity contribution in [1.82, 2.24) is 10.0 Å². The van der Waals surface area contributed by atoms with E-state index in [1.807, 2.05) is 0 Å². The fraction of sp³-hybridized carbons (Fsp3) is 0.217. The van der Waals surface area contributed by atoms with Crippen LogP contribution in [0.3, 0.4) is 0 Å². The molecule has 3 aromatic carbocycles. The highest BCUT2D eigenvalue weighted by Gasteiger charge is 2.21. The third-order valence-electron chi connectivity index (χ3n) is 4.60. The van der Waals surface area contributed by atoms with Gasteiger partial charge in [0.05, 0.1) is 4.90 Å². The van der Waals surface area contributed by atoms with E-state index < -0.39 is 22.0 Å². The van der Waals surface area contributed by atoms with Gasteiger partial charge < -0.3 is 10.6 Å². The molecule has 0 radical (unpaired) electrons. The predicted octanol–water partition coefficient (Wildman–Crippen LogP) is 3.28. The van der Waals surface area contributed by atoms with Crippen LogP contribution in [-0.4, -0.2) is 32.3 Å². The molecule has 0 aromatic heterocycles. The minimum absolute atomic E-state index is 0.139. The van der Waals surface area contributed by atoms with Gasteiger partial charge in [0, 0.05) is 28.1 Å². The summed E-state index contributed by atoms with van der Waals surface area (Å²) in [5, 5.41) is 6.54. The molecule has 0 saturated heterocycles. The van der Waals surface area contributed by atoms with E-state index in [0.717, 1.165) is 0 Å². The van der Waals surface area contributed by atoms with Crippen LogP contribution in [0.25, 0.3) is 10.8 Å². The summed E-state index contributed by atoms with van der Waals surface area (Å²) in [6, 6.07) is 17.5. The topological polar surface area (TPSA) is 104 Å². The molecule has 0 aliphatic rings. The standard InChI is InChI=1S/C23H25N3O4S/c1-15(2)26-31(29,30)21-14-8-11-18-19(21)12-7-13-20(18)25-22(27)16(3)24-23(28)17-9-5-4-6-10-17/h4-16,26H,1-3H3,(H,24,28)(H,25,27). The van der Waals surface area contributed by atoms with Crippen LogP contribution in [0.4, 0.5) is 5.69 Å². The van der Waals surface area contributed by atoms with E-state index in [-0.39, 0.29) is 16.8 Å². The number of rotatable bonds is 7. The maximum absolute atomic E-state index is 12.7. The van der Waals surface area contributed by atoms with Crippen molar-refractivity contribution < 1.29 is 18.0 Å². The Morgan fingerprint density at radius 1 is 0.806 bits per heavy atom. The summed E-state index contributed by atoms with van der Waals surface area (Å²) in [5.74, 6) is -0.764. The molecule has 2 amide bonds. The lowest BCUT2D eigenvalue weighted by atomic mass is 10.1. The second-order valence-corrected chi connectivity index (χ2v) is 9.17. The van der Waals surface area contributed by atoms with Crippen molar-refractivity contribution in [3.05, 3.63) is 72.3 Å². The molecule has 3 aromatic rings.